The summed E-state index contributed by atoms with van der Waals surface area (Å²) in [4.78, 5) is 18.7. The summed E-state index contributed by atoms with van der Waals surface area (Å²) in [6.45, 7) is 5.62. The number of nitrogens with zero attached hydrogens (tertiary/aromatic N) is 3. The molecule has 0 spiro atoms. The van der Waals surface area contributed by atoms with Crippen molar-refractivity contribution in [1.82, 2.24) is 14.5 Å². The van der Waals surface area contributed by atoms with Gasteiger partial charge in [0.25, 0.3) is 0 Å². The summed E-state index contributed by atoms with van der Waals surface area (Å²) in [6.07, 6.45) is 4.37. The van der Waals surface area contributed by atoms with E-state index in [0.717, 1.165) is 12.8 Å². The van der Waals surface area contributed by atoms with E-state index in [1.807, 2.05) is 43.5 Å². The van der Waals surface area contributed by atoms with Gasteiger partial charge in [-0.05, 0) is 49.5 Å². The molecule has 0 radical (unpaired) electrons. The van der Waals surface area contributed by atoms with Crippen LogP contribution in [0.1, 0.15) is 52.3 Å². The molecule has 23 heavy (non-hydrogen) atoms. The van der Waals surface area contributed by atoms with Gasteiger partial charge in [-0.15, -0.1) is 0 Å². The Hall–Kier alpha value is -1.08. The van der Waals surface area contributed by atoms with Gasteiger partial charge >= 0.3 is 6.09 Å². The maximum absolute atomic E-state index is 12.5. The number of carbonyl (C=O) groups is 1. The number of imidazole rings is 1. The molecule has 1 amide bonds. The molecule has 7 heteroatoms. The van der Waals surface area contributed by atoms with E-state index in [0.29, 0.717) is 23.3 Å². The van der Waals surface area contributed by atoms with Crippen LogP contribution in [0.3, 0.4) is 0 Å². The zero-order chi connectivity index (χ0) is 17.0. The van der Waals surface area contributed by atoms with Crippen LogP contribution in [0.2, 0.25) is 0 Å². The predicted octanol–water partition coefficient (Wildman–Crippen LogP) is 2.93. The van der Waals surface area contributed by atoms with Crippen molar-refractivity contribution in [3.8, 4) is 0 Å². The number of amides is 1. The summed E-state index contributed by atoms with van der Waals surface area (Å²) < 4.78 is 8.10. The van der Waals surface area contributed by atoms with Crippen molar-refractivity contribution >= 4 is 22.0 Å². The van der Waals surface area contributed by atoms with E-state index in [4.69, 9.17) is 4.74 Å². The number of ether oxygens (including phenoxy) is 1. The van der Waals surface area contributed by atoms with Crippen molar-refractivity contribution in [2.24, 2.45) is 7.05 Å². The summed E-state index contributed by atoms with van der Waals surface area (Å²) in [6, 6.07) is 0.00755. The average Bonchev–Trinajstić information content (AvgIpc) is 2.86. The summed E-state index contributed by atoms with van der Waals surface area (Å²) in [5, 5.41) is 11.2. The first-order valence-corrected chi connectivity index (χ1v) is 8.81. The van der Waals surface area contributed by atoms with E-state index in [9.17, 15) is 9.90 Å². The van der Waals surface area contributed by atoms with Crippen molar-refractivity contribution in [3.63, 3.8) is 0 Å². The fraction of sp³-hybridized carbons (Fsp3) is 0.750. The van der Waals surface area contributed by atoms with Gasteiger partial charge in [0.1, 0.15) is 21.6 Å². The van der Waals surface area contributed by atoms with Crippen molar-refractivity contribution < 1.29 is 14.6 Å². The Morgan fingerprint density at radius 1 is 1.39 bits per heavy atom. The highest BCUT2D eigenvalue weighted by Gasteiger charge is 2.52. The largest absolute Gasteiger partial charge is 0.444 e. The topological polar surface area (TPSA) is 67.6 Å². The second kappa shape index (κ2) is 5.48. The van der Waals surface area contributed by atoms with Crippen LogP contribution in [0.4, 0.5) is 4.79 Å². The molecule has 3 heterocycles. The summed E-state index contributed by atoms with van der Waals surface area (Å²) in [5.74, 6) is 0.658. The number of piperidine rings is 1. The lowest BCUT2D eigenvalue weighted by Gasteiger charge is -2.43. The lowest BCUT2D eigenvalue weighted by atomic mass is 9.85. The van der Waals surface area contributed by atoms with Crippen LogP contribution < -0.4 is 0 Å². The van der Waals surface area contributed by atoms with Crippen molar-refractivity contribution in [3.05, 3.63) is 16.6 Å². The number of aromatic nitrogens is 2. The molecule has 2 saturated heterocycles. The van der Waals surface area contributed by atoms with Gasteiger partial charge in [-0.25, -0.2) is 9.78 Å². The highest BCUT2D eigenvalue weighted by molar-refractivity contribution is 9.10. The Kier molecular flexibility index (Phi) is 3.99. The molecule has 1 aromatic rings. The van der Waals surface area contributed by atoms with Gasteiger partial charge in [-0.1, -0.05) is 0 Å². The van der Waals surface area contributed by atoms with Crippen LogP contribution in [0, 0.1) is 0 Å². The molecule has 3 rings (SSSR count). The third-order valence-electron chi connectivity index (χ3n) is 4.63. The molecule has 128 valence electrons. The highest BCUT2D eigenvalue weighted by Crippen LogP contribution is 2.45. The Bertz CT molecular complexity index is 609. The Balaban J connectivity index is 1.82. The molecule has 1 aromatic heterocycles. The zero-order valence-corrected chi connectivity index (χ0v) is 15.6. The van der Waals surface area contributed by atoms with E-state index in [1.54, 1.807) is 0 Å². The van der Waals surface area contributed by atoms with Gasteiger partial charge in [-0.3, -0.25) is 0 Å². The first-order chi connectivity index (χ1) is 10.6. The first-order valence-electron chi connectivity index (χ1n) is 8.02. The maximum Gasteiger partial charge on any atom is 0.410 e. The Labute approximate surface area is 144 Å². The van der Waals surface area contributed by atoms with E-state index in [1.165, 1.54) is 0 Å². The molecule has 2 atom stereocenters. The highest BCUT2D eigenvalue weighted by atomic mass is 79.9. The normalized spacial score (nSPS) is 30.6. The number of rotatable bonds is 1. The van der Waals surface area contributed by atoms with Crippen LogP contribution in [-0.4, -0.2) is 43.3 Å². The first kappa shape index (κ1) is 16.8. The van der Waals surface area contributed by atoms with Gasteiger partial charge in [0.05, 0.1) is 0 Å². The van der Waals surface area contributed by atoms with Crippen molar-refractivity contribution in [2.45, 2.75) is 69.7 Å². The SMILES string of the molecule is Cn1cc(Br)nc1C1(O)CC2CCC(C1)N2C(=O)OC(C)(C)C. The standard InChI is InChI=1S/C16H24BrN3O3/c1-15(2,3)23-14(21)20-10-5-6-11(20)8-16(22,7-10)13-18-12(17)9-19(13)4/h9-11,22H,5-8H2,1-4H3. The molecule has 2 aliphatic rings. The Morgan fingerprint density at radius 3 is 2.39 bits per heavy atom. The van der Waals surface area contributed by atoms with Gasteiger partial charge in [0.15, 0.2) is 0 Å². The lowest BCUT2D eigenvalue weighted by molar-refractivity contribution is -0.0685. The number of aryl methyl sites for hydroxylation is 1. The minimum Gasteiger partial charge on any atom is -0.444 e. The smallest absolute Gasteiger partial charge is 0.410 e. The minimum absolute atomic E-state index is 0.00377. The molecule has 2 bridgehead atoms. The van der Waals surface area contributed by atoms with Crippen LogP contribution in [0.5, 0.6) is 0 Å². The number of hydrogen-bond donors (Lipinski definition) is 1. The van der Waals surface area contributed by atoms with Crippen LogP contribution >= 0.6 is 15.9 Å². The van der Waals surface area contributed by atoms with E-state index >= 15 is 0 Å². The molecule has 1 N–H and O–H groups in total. The molecule has 6 nitrogen and oxygen atoms in total. The van der Waals surface area contributed by atoms with Crippen molar-refractivity contribution in [1.29, 1.82) is 0 Å². The third kappa shape index (κ3) is 3.13. The van der Waals surface area contributed by atoms with Gasteiger partial charge in [0, 0.05) is 38.2 Å². The predicted molar refractivity (Wildman–Crippen MR) is 88.9 cm³/mol. The molecular weight excluding hydrogens is 362 g/mol. The minimum atomic E-state index is -0.995. The number of halogens is 1. The molecule has 2 unspecified atom stereocenters. The molecule has 0 saturated carbocycles. The summed E-state index contributed by atoms with van der Waals surface area (Å²) in [5.41, 5.74) is -1.50. The van der Waals surface area contributed by atoms with Crippen LogP contribution in [-0.2, 0) is 17.4 Å². The number of hydrogen-bond acceptors (Lipinski definition) is 4. The number of aliphatic hydroxyl groups is 1. The van der Waals surface area contributed by atoms with E-state index < -0.39 is 11.2 Å². The van der Waals surface area contributed by atoms with E-state index in [-0.39, 0.29) is 18.2 Å². The second-order valence-electron chi connectivity index (χ2n) is 7.71. The fourth-order valence-corrected chi connectivity index (χ4v) is 4.36. The third-order valence-corrected chi connectivity index (χ3v) is 5.02. The zero-order valence-electron chi connectivity index (χ0n) is 14.0. The quantitative estimate of drug-likeness (QED) is 0.806. The van der Waals surface area contributed by atoms with Gasteiger partial charge in [-0.2, -0.15) is 0 Å². The van der Waals surface area contributed by atoms with Crippen LogP contribution in [0.25, 0.3) is 0 Å². The molecular formula is C16H24BrN3O3. The maximum atomic E-state index is 12.5. The monoisotopic (exact) mass is 385 g/mol. The molecule has 0 aromatic carbocycles. The number of fused-ring (bicyclic) bond motifs is 2. The summed E-state index contributed by atoms with van der Waals surface area (Å²) >= 11 is 3.36. The van der Waals surface area contributed by atoms with E-state index in [2.05, 4.69) is 20.9 Å². The number of carbonyl (C=O) groups excluding carboxylic acids is 1. The second-order valence-corrected chi connectivity index (χ2v) is 8.52. The van der Waals surface area contributed by atoms with Gasteiger partial charge < -0.3 is 19.3 Å². The fourth-order valence-electron chi connectivity index (χ4n) is 3.88. The Morgan fingerprint density at radius 2 is 1.96 bits per heavy atom. The molecule has 2 fully saturated rings. The molecule has 0 aliphatic carbocycles. The molecule has 2 aliphatic heterocycles. The van der Waals surface area contributed by atoms with Crippen molar-refractivity contribution in [2.75, 3.05) is 0 Å². The van der Waals surface area contributed by atoms with Gasteiger partial charge in [0.2, 0.25) is 0 Å². The lowest BCUT2D eigenvalue weighted by Crippen LogP contribution is -2.53. The summed E-state index contributed by atoms with van der Waals surface area (Å²) in [7, 11) is 1.88. The average molecular weight is 386 g/mol. The van der Waals surface area contributed by atoms with Crippen LogP contribution in [0.15, 0.2) is 10.8 Å².